The monoisotopic (exact) mass is 411 g/mol. The average Bonchev–Trinajstić information content (AvgIpc) is 2.55. The summed E-state index contributed by atoms with van der Waals surface area (Å²) in [5.41, 5.74) is 3.14. The van der Waals surface area contributed by atoms with Crippen LogP contribution in [0.2, 0.25) is 0 Å². The van der Waals surface area contributed by atoms with Gasteiger partial charge in [0.05, 0.1) is 11.2 Å². The summed E-state index contributed by atoms with van der Waals surface area (Å²) in [4.78, 5) is 4.95. The first kappa shape index (κ1) is 13.9. The molecular formula is C19H11Br2N. The molecule has 0 unspecified atom stereocenters. The largest absolute Gasteiger partial charge is 0.246 e. The molecule has 0 fully saturated rings. The molecule has 0 saturated carbocycles. The van der Waals surface area contributed by atoms with Crippen LogP contribution in [0.25, 0.3) is 32.9 Å². The van der Waals surface area contributed by atoms with Crippen molar-refractivity contribution in [3.8, 4) is 11.3 Å². The molecule has 0 atom stereocenters. The van der Waals surface area contributed by atoms with Gasteiger partial charge in [0.15, 0.2) is 0 Å². The van der Waals surface area contributed by atoms with Crippen LogP contribution in [-0.4, -0.2) is 4.98 Å². The molecular weight excluding hydrogens is 402 g/mol. The Morgan fingerprint density at radius 3 is 2.14 bits per heavy atom. The van der Waals surface area contributed by atoms with Crippen molar-refractivity contribution >= 4 is 53.5 Å². The molecule has 0 aliphatic carbocycles. The van der Waals surface area contributed by atoms with Gasteiger partial charge in [0.25, 0.3) is 0 Å². The van der Waals surface area contributed by atoms with Crippen LogP contribution in [-0.2, 0) is 0 Å². The lowest BCUT2D eigenvalue weighted by atomic mass is 10.0. The summed E-state index contributed by atoms with van der Waals surface area (Å²) in [5.74, 6) is 0. The SMILES string of the molecule is Brc1cc(Br)c2nc(-c3ccccc3)c3ccccc3c2c1. The molecule has 0 bridgehead atoms. The fourth-order valence-electron chi connectivity index (χ4n) is 2.80. The summed E-state index contributed by atoms with van der Waals surface area (Å²) in [6.45, 7) is 0. The maximum absolute atomic E-state index is 4.95. The Balaban J connectivity index is 2.21. The first-order chi connectivity index (χ1) is 10.7. The molecule has 0 spiro atoms. The van der Waals surface area contributed by atoms with Crippen molar-refractivity contribution < 1.29 is 0 Å². The standard InChI is InChI=1S/C19H11Br2N/c20-13-10-16-14-8-4-5-9-15(14)18(12-6-2-1-3-7-12)22-19(16)17(21)11-13/h1-11H. The highest BCUT2D eigenvalue weighted by atomic mass is 79.9. The highest BCUT2D eigenvalue weighted by Crippen LogP contribution is 2.36. The average molecular weight is 413 g/mol. The van der Waals surface area contributed by atoms with Gasteiger partial charge in [-0.15, -0.1) is 0 Å². The number of aromatic nitrogens is 1. The minimum atomic E-state index is 0.987. The molecule has 3 heteroatoms. The zero-order valence-electron chi connectivity index (χ0n) is 11.6. The van der Waals surface area contributed by atoms with E-state index in [1.54, 1.807) is 0 Å². The third kappa shape index (κ3) is 2.25. The van der Waals surface area contributed by atoms with Gasteiger partial charge in [-0.1, -0.05) is 70.5 Å². The first-order valence-corrected chi connectivity index (χ1v) is 8.55. The van der Waals surface area contributed by atoms with Crippen LogP contribution in [0.15, 0.2) is 75.7 Å². The van der Waals surface area contributed by atoms with Gasteiger partial charge >= 0.3 is 0 Å². The summed E-state index contributed by atoms with van der Waals surface area (Å²) in [7, 11) is 0. The molecule has 0 amide bonds. The van der Waals surface area contributed by atoms with Crippen LogP contribution in [0.5, 0.6) is 0 Å². The molecule has 4 rings (SSSR count). The fraction of sp³-hybridized carbons (Fsp3) is 0. The molecule has 106 valence electrons. The van der Waals surface area contributed by atoms with Gasteiger partial charge in [0, 0.05) is 25.3 Å². The minimum Gasteiger partial charge on any atom is -0.246 e. The predicted molar refractivity (Wildman–Crippen MR) is 100 cm³/mol. The van der Waals surface area contributed by atoms with Crippen molar-refractivity contribution in [2.45, 2.75) is 0 Å². The molecule has 4 aromatic rings. The fourth-order valence-corrected chi connectivity index (χ4v) is 4.11. The van der Waals surface area contributed by atoms with Crippen LogP contribution >= 0.6 is 31.9 Å². The molecule has 22 heavy (non-hydrogen) atoms. The van der Waals surface area contributed by atoms with Gasteiger partial charge in [-0.25, -0.2) is 4.98 Å². The Labute approximate surface area is 145 Å². The van der Waals surface area contributed by atoms with E-state index in [1.807, 2.05) is 24.3 Å². The number of rotatable bonds is 1. The second-order valence-corrected chi connectivity index (χ2v) is 6.93. The second-order valence-electron chi connectivity index (χ2n) is 5.16. The summed E-state index contributed by atoms with van der Waals surface area (Å²) in [5, 5.41) is 3.54. The Kier molecular flexibility index (Phi) is 3.47. The number of nitrogens with zero attached hydrogens (tertiary/aromatic N) is 1. The summed E-state index contributed by atoms with van der Waals surface area (Å²) in [6, 6.07) is 22.9. The summed E-state index contributed by atoms with van der Waals surface area (Å²) in [6.07, 6.45) is 0. The van der Waals surface area contributed by atoms with Crippen LogP contribution in [0.3, 0.4) is 0 Å². The normalized spacial score (nSPS) is 11.2. The molecule has 1 nitrogen and oxygen atoms in total. The van der Waals surface area contributed by atoms with E-state index < -0.39 is 0 Å². The Morgan fingerprint density at radius 2 is 1.36 bits per heavy atom. The van der Waals surface area contributed by atoms with E-state index in [-0.39, 0.29) is 0 Å². The van der Waals surface area contributed by atoms with Crippen molar-refractivity contribution in [1.29, 1.82) is 0 Å². The maximum atomic E-state index is 4.95. The molecule has 1 aromatic heterocycles. The molecule has 0 saturated heterocycles. The maximum Gasteiger partial charge on any atom is 0.0858 e. The van der Waals surface area contributed by atoms with E-state index in [9.17, 15) is 0 Å². The van der Waals surface area contributed by atoms with Crippen molar-refractivity contribution in [3.63, 3.8) is 0 Å². The topological polar surface area (TPSA) is 12.9 Å². The predicted octanol–water partition coefficient (Wildman–Crippen LogP) is 6.58. The van der Waals surface area contributed by atoms with Gasteiger partial charge in [-0.2, -0.15) is 0 Å². The van der Waals surface area contributed by atoms with Crippen molar-refractivity contribution in [1.82, 2.24) is 4.98 Å². The molecule has 0 aliphatic heterocycles. The Morgan fingerprint density at radius 1 is 0.682 bits per heavy atom. The molecule has 0 aliphatic rings. The number of benzene rings is 3. The number of hydrogen-bond donors (Lipinski definition) is 0. The van der Waals surface area contributed by atoms with Gasteiger partial charge in [-0.05, 0) is 33.4 Å². The lowest BCUT2D eigenvalue weighted by molar-refractivity contribution is 1.41. The smallest absolute Gasteiger partial charge is 0.0858 e. The van der Waals surface area contributed by atoms with E-state index in [1.165, 1.54) is 10.8 Å². The van der Waals surface area contributed by atoms with Crippen LogP contribution in [0.4, 0.5) is 0 Å². The molecule has 1 heterocycles. The molecule has 3 aromatic carbocycles. The van der Waals surface area contributed by atoms with Crippen LogP contribution in [0.1, 0.15) is 0 Å². The Hall–Kier alpha value is -1.71. The minimum absolute atomic E-state index is 0.987. The van der Waals surface area contributed by atoms with Crippen molar-refractivity contribution in [3.05, 3.63) is 75.7 Å². The third-order valence-corrected chi connectivity index (χ3v) is 4.83. The lowest BCUT2D eigenvalue weighted by Gasteiger charge is -2.11. The van der Waals surface area contributed by atoms with Crippen molar-refractivity contribution in [2.75, 3.05) is 0 Å². The first-order valence-electron chi connectivity index (χ1n) is 6.97. The van der Waals surface area contributed by atoms with E-state index in [4.69, 9.17) is 4.98 Å². The van der Waals surface area contributed by atoms with Crippen LogP contribution < -0.4 is 0 Å². The zero-order valence-corrected chi connectivity index (χ0v) is 14.7. The third-order valence-electron chi connectivity index (χ3n) is 3.77. The van der Waals surface area contributed by atoms with Crippen LogP contribution in [0, 0.1) is 0 Å². The Bertz CT molecular complexity index is 994. The zero-order chi connectivity index (χ0) is 15.1. The van der Waals surface area contributed by atoms with E-state index in [0.717, 1.165) is 31.1 Å². The van der Waals surface area contributed by atoms with Crippen molar-refractivity contribution in [2.24, 2.45) is 0 Å². The molecule has 0 N–H and O–H groups in total. The number of hydrogen-bond acceptors (Lipinski definition) is 1. The lowest BCUT2D eigenvalue weighted by Crippen LogP contribution is -1.90. The van der Waals surface area contributed by atoms with E-state index in [0.29, 0.717) is 0 Å². The van der Waals surface area contributed by atoms with Gasteiger partial charge in [-0.3, -0.25) is 0 Å². The highest BCUT2D eigenvalue weighted by Gasteiger charge is 2.12. The number of pyridine rings is 1. The van der Waals surface area contributed by atoms with Gasteiger partial charge in [0.1, 0.15) is 0 Å². The summed E-state index contributed by atoms with van der Waals surface area (Å²) < 4.78 is 2.05. The van der Waals surface area contributed by atoms with Gasteiger partial charge < -0.3 is 0 Å². The summed E-state index contributed by atoms with van der Waals surface area (Å²) >= 11 is 7.22. The van der Waals surface area contributed by atoms with E-state index in [2.05, 4.69) is 74.3 Å². The second kappa shape index (κ2) is 5.49. The highest BCUT2D eigenvalue weighted by molar-refractivity contribution is 9.11. The molecule has 0 radical (unpaired) electrons. The van der Waals surface area contributed by atoms with Gasteiger partial charge in [0.2, 0.25) is 0 Å². The van der Waals surface area contributed by atoms with E-state index >= 15 is 0 Å². The number of halogens is 2. The number of fused-ring (bicyclic) bond motifs is 3. The quantitative estimate of drug-likeness (QED) is 0.322.